The predicted molar refractivity (Wildman–Crippen MR) is 93.6 cm³/mol. The van der Waals surface area contributed by atoms with E-state index in [-0.39, 0.29) is 0 Å². The molecular weight excluding hydrogens is 322 g/mol. The molecule has 1 N–H and O–H groups in total. The topological polar surface area (TPSA) is 12.0 Å². The summed E-state index contributed by atoms with van der Waals surface area (Å²) in [7, 11) is 0. The molecule has 0 heterocycles. The van der Waals surface area contributed by atoms with E-state index in [1.807, 2.05) is 0 Å². The van der Waals surface area contributed by atoms with Crippen LogP contribution in [-0.2, 0) is 0 Å². The molecule has 0 amide bonds. The van der Waals surface area contributed by atoms with Crippen LogP contribution in [0.15, 0.2) is 28.7 Å². The highest BCUT2D eigenvalue weighted by Gasteiger charge is 2.31. The normalized spacial score (nSPS) is 32.7. The maximum Gasteiger partial charge on any atom is 0.0210 e. The van der Waals surface area contributed by atoms with Crippen molar-refractivity contribution < 1.29 is 0 Å². The van der Waals surface area contributed by atoms with Crippen LogP contribution >= 0.6 is 15.9 Å². The van der Waals surface area contributed by atoms with Gasteiger partial charge in [-0.1, -0.05) is 60.3 Å². The van der Waals surface area contributed by atoms with Gasteiger partial charge in [0.05, 0.1) is 0 Å². The van der Waals surface area contributed by atoms with Gasteiger partial charge < -0.3 is 5.32 Å². The summed E-state index contributed by atoms with van der Waals surface area (Å²) in [5.74, 6) is 2.72. The number of benzene rings is 1. The summed E-state index contributed by atoms with van der Waals surface area (Å²) in [6.45, 7) is 3.60. The lowest BCUT2D eigenvalue weighted by Gasteiger charge is -2.38. The number of hydrogen-bond donors (Lipinski definition) is 1. The Morgan fingerprint density at radius 1 is 1.05 bits per heavy atom. The smallest absolute Gasteiger partial charge is 0.0210 e. The highest BCUT2D eigenvalue weighted by molar-refractivity contribution is 9.10. The molecule has 0 radical (unpaired) electrons. The van der Waals surface area contributed by atoms with E-state index in [2.05, 4.69) is 52.4 Å². The summed E-state index contributed by atoms with van der Waals surface area (Å²) in [6, 6.07) is 9.46. The first-order chi connectivity index (χ1) is 10.3. The molecule has 116 valence electrons. The fourth-order valence-electron chi connectivity index (χ4n) is 4.02. The van der Waals surface area contributed by atoms with Crippen LogP contribution in [0, 0.1) is 11.8 Å². The molecule has 2 heteroatoms. The molecule has 3 rings (SSSR count). The number of halogens is 1. The van der Waals surface area contributed by atoms with Gasteiger partial charge in [-0.3, -0.25) is 0 Å². The monoisotopic (exact) mass is 349 g/mol. The third-order valence-electron chi connectivity index (χ3n) is 5.72. The van der Waals surface area contributed by atoms with Crippen LogP contribution in [0.2, 0.25) is 0 Å². The first-order valence-electron chi connectivity index (χ1n) is 8.74. The Balaban J connectivity index is 1.37. The molecule has 1 aromatic carbocycles. The van der Waals surface area contributed by atoms with Crippen LogP contribution in [0.1, 0.15) is 63.4 Å². The van der Waals surface area contributed by atoms with E-state index >= 15 is 0 Å². The summed E-state index contributed by atoms with van der Waals surface area (Å²) < 4.78 is 1.28. The first-order valence-corrected chi connectivity index (χ1v) is 9.53. The van der Waals surface area contributed by atoms with Crippen LogP contribution < -0.4 is 5.32 Å². The zero-order chi connectivity index (χ0) is 14.7. The first kappa shape index (κ1) is 15.6. The van der Waals surface area contributed by atoms with Gasteiger partial charge in [-0.15, -0.1) is 0 Å². The largest absolute Gasteiger partial charge is 0.314 e. The zero-order valence-electron chi connectivity index (χ0n) is 13.2. The molecule has 2 aliphatic rings. The average Bonchev–Trinajstić information content (AvgIpc) is 2.48. The van der Waals surface area contributed by atoms with E-state index in [0.717, 1.165) is 23.8 Å². The second-order valence-corrected chi connectivity index (χ2v) is 7.94. The second kappa shape index (κ2) is 7.28. The lowest BCUT2D eigenvalue weighted by atomic mass is 9.75. The Hall–Kier alpha value is -0.340. The van der Waals surface area contributed by atoms with Gasteiger partial charge in [-0.2, -0.15) is 0 Å². The third kappa shape index (κ3) is 3.90. The average molecular weight is 350 g/mol. The molecule has 0 unspecified atom stereocenters. The summed E-state index contributed by atoms with van der Waals surface area (Å²) in [6.07, 6.45) is 9.84. The quantitative estimate of drug-likeness (QED) is 0.739. The molecule has 0 saturated heterocycles. The summed E-state index contributed by atoms with van der Waals surface area (Å²) >= 11 is 3.69. The Labute approximate surface area is 138 Å². The van der Waals surface area contributed by atoms with Crippen LogP contribution in [0.25, 0.3) is 0 Å². The zero-order valence-corrected chi connectivity index (χ0v) is 14.7. The van der Waals surface area contributed by atoms with E-state index < -0.39 is 0 Å². The van der Waals surface area contributed by atoms with Crippen LogP contribution in [0.4, 0.5) is 0 Å². The van der Waals surface area contributed by atoms with Crippen molar-refractivity contribution in [1.29, 1.82) is 0 Å². The molecule has 21 heavy (non-hydrogen) atoms. The summed E-state index contributed by atoms with van der Waals surface area (Å²) in [5, 5.41) is 3.83. The maximum atomic E-state index is 3.83. The molecule has 0 aromatic heterocycles. The van der Waals surface area contributed by atoms with Gasteiger partial charge >= 0.3 is 0 Å². The van der Waals surface area contributed by atoms with Crippen molar-refractivity contribution in [1.82, 2.24) is 5.32 Å². The van der Waals surface area contributed by atoms with Gasteiger partial charge in [0.25, 0.3) is 0 Å². The summed E-state index contributed by atoms with van der Waals surface area (Å²) in [5.41, 5.74) is 1.50. The Bertz CT molecular complexity index is 445. The molecule has 0 spiro atoms. The second-order valence-electron chi connectivity index (χ2n) is 7.09. The van der Waals surface area contributed by atoms with Gasteiger partial charge in [-0.05, 0) is 61.6 Å². The SMILES string of the molecule is CCC1CCC(CNC2CC(c3ccccc3Br)C2)CC1. The van der Waals surface area contributed by atoms with E-state index in [9.17, 15) is 0 Å². The van der Waals surface area contributed by atoms with Crippen LogP contribution in [0.3, 0.4) is 0 Å². The van der Waals surface area contributed by atoms with Gasteiger partial charge in [0.1, 0.15) is 0 Å². The number of rotatable bonds is 5. The minimum Gasteiger partial charge on any atom is -0.314 e. The molecule has 1 nitrogen and oxygen atoms in total. The van der Waals surface area contributed by atoms with Gasteiger partial charge in [0.15, 0.2) is 0 Å². The van der Waals surface area contributed by atoms with Crippen molar-refractivity contribution in [2.75, 3.05) is 6.54 Å². The van der Waals surface area contributed by atoms with E-state index in [0.29, 0.717) is 0 Å². The fraction of sp³-hybridized carbons (Fsp3) is 0.684. The highest BCUT2D eigenvalue weighted by atomic mass is 79.9. The van der Waals surface area contributed by atoms with E-state index in [1.54, 1.807) is 0 Å². The molecule has 0 atom stereocenters. The Kier molecular flexibility index (Phi) is 5.39. The van der Waals surface area contributed by atoms with Crippen molar-refractivity contribution in [2.45, 2.75) is 63.8 Å². The van der Waals surface area contributed by atoms with Crippen LogP contribution in [0.5, 0.6) is 0 Å². The Morgan fingerprint density at radius 3 is 2.38 bits per heavy atom. The standard InChI is InChI=1S/C19H28BrN/c1-2-14-7-9-15(10-8-14)13-21-17-11-16(12-17)18-5-3-4-6-19(18)20/h3-6,14-17,21H,2,7-13H2,1H3. The molecule has 2 saturated carbocycles. The minimum absolute atomic E-state index is 0.756. The fourth-order valence-corrected chi connectivity index (χ4v) is 4.63. The van der Waals surface area contributed by atoms with E-state index in [4.69, 9.17) is 0 Å². The maximum absolute atomic E-state index is 3.83. The molecule has 0 bridgehead atoms. The van der Waals surface area contributed by atoms with Crippen molar-refractivity contribution in [3.05, 3.63) is 34.3 Å². The van der Waals surface area contributed by atoms with Crippen molar-refractivity contribution in [3.63, 3.8) is 0 Å². The third-order valence-corrected chi connectivity index (χ3v) is 6.44. The van der Waals surface area contributed by atoms with Gasteiger partial charge in [0, 0.05) is 10.5 Å². The van der Waals surface area contributed by atoms with Crippen molar-refractivity contribution in [2.24, 2.45) is 11.8 Å². The van der Waals surface area contributed by atoms with Crippen molar-refractivity contribution in [3.8, 4) is 0 Å². The lowest BCUT2D eigenvalue weighted by molar-refractivity contribution is 0.228. The lowest BCUT2D eigenvalue weighted by Crippen LogP contribution is -2.42. The molecule has 1 aromatic rings. The molecule has 0 aliphatic heterocycles. The number of nitrogens with one attached hydrogen (secondary N) is 1. The number of hydrogen-bond acceptors (Lipinski definition) is 1. The molecular formula is C19H28BrN. The van der Waals surface area contributed by atoms with Crippen LogP contribution in [-0.4, -0.2) is 12.6 Å². The molecule has 2 aliphatic carbocycles. The Morgan fingerprint density at radius 2 is 1.71 bits per heavy atom. The van der Waals surface area contributed by atoms with Crippen molar-refractivity contribution >= 4 is 15.9 Å². The summed E-state index contributed by atoms with van der Waals surface area (Å²) in [4.78, 5) is 0. The van der Waals surface area contributed by atoms with E-state index in [1.165, 1.54) is 61.5 Å². The van der Waals surface area contributed by atoms with Gasteiger partial charge in [0.2, 0.25) is 0 Å². The predicted octanol–water partition coefficient (Wildman–Crippen LogP) is 5.50. The van der Waals surface area contributed by atoms with Gasteiger partial charge in [-0.25, -0.2) is 0 Å². The minimum atomic E-state index is 0.756. The highest BCUT2D eigenvalue weighted by Crippen LogP contribution is 2.40. The molecule has 2 fully saturated rings.